The van der Waals surface area contributed by atoms with Gasteiger partial charge in [-0.3, -0.25) is 9.10 Å². The Bertz CT molecular complexity index is 927. The van der Waals surface area contributed by atoms with Gasteiger partial charge in [0.15, 0.2) is 0 Å². The fraction of sp³-hybridized carbons (Fsp3) is 0.350. The highest BCUT2D eigenvalue weighted by atomic mass is 35.5. The van der Waals surface area contributed by atoms with E-state index in [0.29, 0.717) is 17.3 Å². The van der Waals surface area contributed by atoms with Gasteiger partial charge in [0.1, 0.15) is 6.04 Å². The quantitative estimate of drug-likeness (QED) is 0.731. The van der Waals surface area contributed by atoms with Crippen molar-refractivity contribution < 1.29 is 13.2 Å². The molecule has 2 aromatic rings. The molecule has 2 rings (SSSR count). The minimum absolute atomic E-state index is 0.284. The first-order chi connectivity index (χ1) is 12.5. The number of carbonyl (C=O) groups excluding carboxylic acids is 1. The van der Waals surface area contributed by atoms with Crippen molar-refractivity contribution in [1.29, 1.82) is 0 Å². The zero-order valence-electron chi connectivity index (χ0n) is 16.2. The maximum absolute atomic E-state index is 12.9. The molecule has 1 atom stereocenters. The first-order valence-corrected chi connectivity index (χ1v) is 10.8. The molecule has 0 heterocycles. The highest BCUT2D eigenvalue weighted by Crippen LogP contribution is 2.24. The van der Waals surface area contributed by atoms with E-state index in [1.54, 1.807) is 38.2 Å². The number of halogens is 1. The molecule has 1 unspecified atom stereocenters. The Morgan fingerprint density at radius 1 is 1.07 bits per heavy atom. The maximum atomic E-state index is 12.9. The van der Waals surface area contributed by atoms with Gasteiger partial charge in [-0.05, 0) is 61.7 Å². The molecule has 5 nitrogen and oxygen atoms in total. The van der Waals surface area contributed by atoms with Gasteiger partial charge in [0.25, 0.3) is 0 Å². The Hall–Kier alpha value is -2.05. The Kier molecular flexibility index (Phi) is 6.54. The summed E-state index contributed by atoms with van der Waals surface area (Å²) in [6.07, 6.45) is 1.12. The van der Waals surface area contributed by atoms with Crippen molar-refractivity contribution in [2.24, 2.45) is 0 Å². The average molecular weight is 409 g/mol. The second-order valence-electron chi connectivity index (χ2n) is 6.82. The Morgan fingerprint density at radius 2 is 1.67 bits per heavy atom. The van der Waals surface area contributed by atoms with Crippen LogP contribution in [0.1, 0.15) is 23.6 Å². The first-order valence-electron chi connectivity index (χ1n) is 8.57. The molecule has 146 valence electrons. The second kappa shape index (κ2) is 8.31. The Balaban J connectivity index is 2.28. The van der Waals surface area contributed by atoms with Crippen molar-refractivity contribution in [3.05, 3.63) is 64.2 Å². The first kappa shape index (κ1) is 21.3. The maximum Gasteiger partial charge on any atom is 0.246 e. The highest BCUT2D eigenvalue weighted by Gasteiger charge is 2.31. The molecular weight excluding hydrogens is 384 g/mol. The second-order valence-corrected chi connectivity index (χ2v) is 9.12. The predicted octanol–water partition coefficient (Wildman–Crippen LogP) is 3.77. The number of hydrogen-bond donors (Lipinski definition) is 0. The van der Waals surface area contributed by atoms with E-state index in [0.717, 1.165) is 22.9 Å². The lowest BCUT2D eigenvalue weighted by Crippen LogP contribution is -2.48. The lowest BCUT2D eigenvalue weighted by Gasteiger charge is -2.31. The largest absolute Gasteiger partial charge is 0.340 e. The SMILES string of the molecule is Cc1ccc(N(C(C)C(=O)N(C)Cc2ccc(Cl)cc2)S(C)(=O)=O)cc1C. The van der Waals surface area contributed by atoms with E-state index in [1.165, 1.54) is 9.21 Å². The van der Waals surface area contributed by atoms with Crippen LogP contribution >= 0.6 is 11.6 Å². The summed E-state index contributed by atoms with van der Waals surface area (Å²) in [5.74, 6) is -0.284. The van der Waals surface area contributed by atoms with Crippen LogP contribution in [0.2, 0.25) is 5.02 Å². The fourth-order valence-electron chi connectivity index (χ4n) is 2.93. The molecule has 2 aromatic carbocycles. The number of amides is 1. The van der Waals surface area contributed by atoms with Crippen LogP contribution in [0.4, 0.5) is 5.69 Å². The van der Waals surface area contributed by atoms with E-state index in [1.807, 2.05) is 32.0 Å². The third-order valence-electron chi connectivity index (χ3n) is 4.52. The molecule has 0 N–H and O–H groups in total. The van der Waals surface area contributed by atoms with Crippen LogP contribution in [0.3, 0.4) is 0 Å². The molecule has 7 heteroatoms. The molecular formula is C20H25ClN2O3S. The van der Waals surface area contributed by atoms with E-state index in [9.17, 15) is 13.2 Å². The molecule has 0 spiro atoms. The van der Waals surface area contributed by atoms with E-state index in [-0.39, 0.29) is 5.91 Å². The van der Waals surface area contributed by atoms with Gasteiger partial charge in [-0.25, -0.2) is 8.42 Å². The van der Waals surface area contributed by atoms with Crippen molar-refractivity contribution in [2.75, 3.05) is 17.6 Å². The fourth-order valence-corrected chi connectivity index (χ4v) is 4.21. The predicted molar refractivity (Wildman–Crippen MR) is 111 cm³/mol. The normalized spacial score (nSPS) is 12.5. The highest BCUT2D eigenvalue weighted by molar-refractivity contribution is 7.92. The number of hydrogen-bond acceptors (Lipinski definition) is 3. The van der Waals surface area contributed by atoms with Gasteiger partial charge in [-0.15, -0.1) is 0 Å². The van der Waals surface area contributed by atoms with Gasteiger partial charge >= 0.3 is 0 Å². The standard InChI is InChI=1S/C20H25ClN2O3S/c1-14-6-11-19(12-15(14)2)23(27(5,25)26)16(3)20(24)22(4)13-17-7-9-18(21)10-8-17/h6-12,16H,13H2,1-5H3. The summed E-state index contributed by atoms with van der Waals surface area (Å²) < 4.78 is 26.0. The summed E-state index contributed by atoms with van der Waals surface area (Å²) in [6.45, 7) is 5.85. The van der Waals surface area contributed by atoms with E-state index in [4.69, 9.17) is 11.6 Å². The van der Waals surface area contributed by atoms with Crippen LogP contribution < -0.4 is 4.31 Å². The molecule has 0 aliphatic heterocycles. The monoisotopic (exact) mass is 408 g/mol. The number of sulfonamides is 1. The van der Waals surface area contributed by atoms with Crippen molar-refractivity contribution >= 4 is 33.2 Å². The summed E-state index contributed by atoms with van der Waals surface area (Å²) in [6, 6.07) is 11.7. The summed E-state index contributed by atoms with van der Waals surface area (Å²) in [5.41, 5.74) is 3.43. The summed E-state index contributed by atoms with van der Waals surface area (Å²) >= 11 is 5.89. The van der Waals surface area contributed by atoms with Crippen LogP contribution in [-0.4, -0.2) is 38.6 Å². The van der Waals surface area contributed by atoms with E-state index in [2.05, 4.69) is 0 Å². The summed E-state index contributed by atoms with van der Waals surface area (Å²) in [5, 5.41) is 0.624. The third-order valence-corrected chi connectivity index (χ3v) is 6.01. The van der Waals surface area contributed by atoms with Crippen molar-refractivity contribution in [3.8, 4) is 0 Å². The zero-order chi connectivity index (χ0) is 20.4. The molecule has 1 amide bonds. The minimum atomic E-state index is -3.64. The molecule has 27 heavy (non-hydrogen) atoms. The Morgan fingerprint density at radius 3 is 2.19 bits per heavy atom. The molecule has 0 aromatic heterocycles. The van der Waals surface area contributed by atoms with Gasteiger partial charge in [0.2, 0.25) is 15.9 Å². The lowest BCUT2D eigenvalue weighted by atomic mass is 10.1. The van der Waals surface area contributed by atoms with Gasteiger partial charge in [0.05, 0.1) is 11.9 Å². The summed E-state index contributed by atoms with van der Waals surface area (Å²) in [7, 11) is -1.97. The molecule has 0 fully saturated rings. The third kappa shape index (κ3) is 5.23. The van der Waals surface area contributed by atoms with Gasteiger partial charge in [0, 0.05) is 18.6 Å². The van der Waals surface area contributed by atoms with Crippen LogP contribution in [0, 0.1) is 13.8 Å². The number of anilines is 1. The van der Waals surface area contributed by atoms with Gasteiger partial charge in [-0.1, -0.05) is 29.8 Å². The molecule has 0 aliphatic rings. The number of carbonyl (C=O) groups is 1. The number of likely N-dealkylation sites (N-methyl/N-ethyl adjacent to an activating group) is 1. The minimum Gasteiger partial charge on any atom is -0.340 e. The topological polar surface area (TPSA) is 57.7 Å². The molecule has 0 aliphatic carbocycles. The van der Waals surface area contributed by atoms with Crippen LogP contribution in [0.5, 0.6) is 0 Å². The number of aryl methyl sites for hydroxylation is 2. The number of nitrogens with zero attached hydrogens (tertiary/aromatic N) is 2. The van der Waals surface area contributed by atoms with E-state index < -0.39 is 16.1 Å². The molecule has 0 saturated heterocycles. The van der Waals surface area contributed by atoms with Crippen molar-refractivity contribution in [1.82, 2.24) is 4.90 Å². The average Bonchev–Trinajstić information content (AvgIpc) is 2.58. The molecule has 0 radical (unpaired) electrons. The molecule has 0 saturated carbocycles. The van der Waals surface area contributed by atoms with Gasteiger partial charge < -0.3 is 4.90 Å². The van der Waals surface area contributed by atoms with Crippen LogP contribution in [-0.2, 0) is 21.4 Å². The molecule has 0 bridgehead atoms. The van der Waals surface area contributed by atoms with Crippen LogP contribution in [0.25, 0.3) is 0 Å². The van der Waals surface area contributed by atoms with Crippen LogP contribution in [0.15, 0.2) is 42.5 Å². The Labute approximate surface area is 166 Å². The smallest absolute Gasteiger partial charge is 0.246 e. The van der Waals surface area contributed by atoms with E-state index >= 15 is 0 Å². The van der Waals surface area contributed by atoms with Crippen molar-refractivity contribution in [3.63, 3.8) is 0 Å². The number of rotatable bonds is 6. The number of benzene rings is 2. The zero-order valence-corrected chi connectivity index (χ0v) is 17.8. The summed E-state index contributed by atoms with van der Waals surface area (Å²) in [4.78, 5) is 14.4. The van der Waals surface area contributed by atoms with Gasteiger partial charge in [-0.2, -0.15) is 0 Å². The van der Waals surface area contributed by atoms with Crippen molar-refractivity contribution in [2.45, 2.75) is 33.4 Å². The lowest BCUT2D eigenvalue weighted by molar-refractivity contribution is -0.131.